The third kappa shape index (κ3) is 2.27. The van der Waals surface area contributed by atoms with Gasteiger partial charge in [-0.2, -0.15) is 0 Å². The lowest BCUT2D eigenvalue weighted by Gasteiger charge is -2.38. The van der Waals surface area contributed by atoms with Crippen molar-refractivity contribution in [2.24, 2.45) is 0 Å². The van der Waals surface area contributed by atoms with E-state index in [-0.39, 0.29) is 5.82 Å². The van der Waals surface area contributed by atoms with Crippen LogP contribution in [0.1, 0.15) is 37.2 Å². The van der Waals surface area contributed by atoms with Crippen molar-refractivity contribution >= 4 is 0 Å². The predicted octanol–water partition coefficient (Wildman–Crippen LogP) is 3.38. The molecule has 1 fully saturated rings. The monoisotopic (exact) mass is 231 g/mol. The van der Waals surface area contributed by atoms with Crippen LogP contribution in [0.2, 0.25) is 0 Å². The summed E-state index contributed by atoms with van der Waals surface area (Å²) in [5.74, 6) is 0.376. The number of hydrogen-bond acceptors (Lipinski definition) is 1. The number of nitrogens with one attached hydrogen (secondary N) is 1. The molecular weight excluding hydrogens is 213 g/mol. The van der Waals surface area contributed by atoms with Crippen molar-refractivity contribution in [3.63, 3.8) is 0 Å². The van der Waals surface area contributed by atoms with Crippen LogP contribution in [-0.2, 0) is 0 Å². The lowest BCUT2D eigenvalue weighted by Crippen LogP contribution is -2.44. The smallest absolute Gasteiger partial charge is 0.126 e. The molecule has 1 aromatic carbocycles. The van der Waals surface area contributed by atoms with E-state index in [1.165, 1.54) is 0 Å². The Kier molecular flexibility index (Phi) is 2.98. The van der Waals surface area contributed by atoms with E-state index >= 15 is 0 Å². The number of halogens is 1. The summed E-state index contributed by atoms with van der Waals surface area (Å²) in [4.78, 5) is 0. The Morgan fingerprint density at radius 3 is 2.41 bits per heavy atom. The molecule has 0 atom stereocenters. The molecule has 2 heteroatoms. The van der Waals surface area contributed by atoms with Crippen LogP contribution in [0.15, 0.2) is 36.4 Å². The molecule has 0 radical (unpaired) electrons. The van der Waals surface area contributed by atoms with Crippen molar-refractivity contribution in [2.75, 3.05) is 0 Å². The standard InChI is InChI=1S/C15H18FN/c16-15-8-4-3-7-14(15)11-9-13(10-11)17-12-5-1-2-6-12/h1-4,7-8,11-13,17H,5-6,9-10H2. The van der Waals surface area contributed by atoms with Crippen molar-refractivity contribution in [3.8, 4) is 0 Å². The van der Waals surface area contributed by atoms with Crippen LogP contribution in [-0.4, -0.2) is 12.1 Å². The minimum atomic E-state index is -0.0431. The molecule has 0 amide bonds. The third-order valence-electron chi connectivity index (χ3n) is 3.96. The highest BCUT2D eigenvalue weighted by Crippen LogP contribution is 2.38. The summed E-state index contributed by atoms with van der Waals surface area (Å²) < 4.78 is 13.6. The van der Waals surface area contributed by atoms with E-state index < -0.39 is 0 Å². The van der Waals surface area contributed by atoms with E-state index in [1.54, 1.807) is 12.1 Å². The van der Waals surface area contributed by atoms with Gasteiger partial charge >= 0.3 is 0 Å². The molecule has 0 spiro atoms. The molecule has 0 unspecified atom stereocenters. The maximum Gasteiger partial charge on any atom is 0.126 e. The van der Waals surface area contributed by atoms with Gasteiger partial charge in [0.25, 0.3) is 0 Å². The fourth-order valence-corrected chi connectivity index (χ4v) is 2.90. The van der Waals surface area contributed by atoms with Crippen molar-refractivity contribution in [2.45, 2.75) is 43.7 Å². The third-order valence-corrected chi connectivity index (χ3v) is 3.96. The summed E-state index contributed by atoms with van der Waals surface area (Å²) in [5.41, 5.74) is 0.898. The second kappa shape index (κ2) is 4.61. The normalized spacial score (nSPS) is 28.3. The highest BCUT2D eigenvalue weighted by atomic mass is 19.1. The van der Waals surface area contributed by atoms with E-state index in [0.717, 1.165) is 31.2 Å². The van der Waals surface area contributed by atoms with Gasteiger partial charge in [-0.25, -0.2) is 4.39 Å². The second-order valence-electron chi connectivity index (χ2n) is 5.19. The largest absolute Gasteiger partial charge is 0.311 e. The predicted molar refractivity (Wildman–Crippen MR) is 67.5 cm³/mol. The fraction of sp³-hybridized carbons (Fsp3) is 0.467. The Balaban J connectivity index is 1.53. The Bertz CT molecular complexity index is 413. The number of benzene rings is 1. The highest BCUT2D eigenvalue weighted by molar-refractivity contribution is 5.24. The molecule has 3 rings (SSSR count). The summed E-state index contributed by atoms with van der Waals surface area (Å²) in [6.45, 7) is 0. The first-order chi connectivity index (χ1) is 8.33. The van der Waals surface area contributed by atoms with Gasteiger partial charge in [-0.05, 0) is 43.2 Å². The van der Waals surface area contributed by atoms with Gasteiger partial charge in [0.15, 0.2) is 0 Å². The zero-order valence-electron chi connectivity index (χ0n) is 9.90. The van der Waals surface area contributed by atoms with E-state index in [9.17, 15) is 4.39 Å². The maximum absolute atomic E-state index is 13.6. The van der Waals surface area contributed by atoms with E-state index in [0.29, 0.717) is 18.0 Å². The minimum absolute atomic E-state index is 0.0431. The first-order valence-corrected chi connectivity index (χ1v) is 6.48. The van der Waals surface area contributed by atoms with Crippen molar-refractivity contribution in [1.82, 2.24) is 5.32 Å². The van der Waals surface area contributed by atoms with Gasteiger partial charge in [0.2, 0.25) is 0 Å². The second-order valence-corrected chi connectivity index (χ2v) is 5.19. The summed E-state index contributed by atoms with van der Waals surface area (Å²) in [6.07, 6.45) is 8.95. The fourth-order valence-electron chi connectivity index (χ4n) is 2.90. The van der Waals surface area contributed by atoms with Gasteiger partial charge in [-0.15, -0.1) is 0 Å². The molecule has 1 nitrogen and oxygen atoms in total. The molecule has 1 aromatic rings. The summed E-state index contributed by atoms with van der Waals surface area (Å²) in [5, 5.41) is 3.65. The lowest BCUT2D eigenvalue weighted by molar-refractivity contribution is 0.263. The molecule has 0 aliphatic heterocycles. The van der Waals surface area contributed by atoms with Crippen LogP contribution in [0, 0.1) is 5.82 Å². The number of hydrogen-bond donors (Lipinski definition) is 1. The molecular formula is C15H18FN. The van der Waals surface area contributed by atoms with Gasteiger partial charge in [0.05, 0.1) is 0 Å². The van der Waals surface area contributed by atoms with Crippen LogP contribution < -0.4 is 5.32 Å². The topological polar surface area (TPSA) is 12.0 Å². The molecule has 90 valence electrons. The zero-order chi connectivity index (χ0) is 11.7. The Morgan fingerprint density at radius 1 is 1.00 bits per heavy atom. The van der Waals surface area contributed by atoms with Crippen LogP contribution in [0.4, 0.5) is 4.39 Å². The first-order valence-electron chi connectivity index (χ1n) is 6.48. The lowest BCUT2D eigenvalue weighted by atomic mass is 9.75. The average Bonchev–Trinajstić information content (AvgIpc) is 2.77. The van der Waals surface area contributed by atoms with Crippen molar-refractivity contribution < 1.29 is 4.39 Å². The van der Waals surface area contributed by atoms with Gasteiger partial charge in [-0.1, -0.05) is 30.4 Å². The van der Waals surface area contributed by atoms with Gasteiger partial charge in [-0.3, -0.25) is 0 Å². The average molecular weight is 231 g/mol. The quantitative estimate of drug-likeness (QED) is 0.786. The molecule has 17 heavy (non-hydrogen) atoms. The Morgan fingerprint density at radius 2 is 1.71 bits per heavy atom. The molecule has 2 aliphatic rings. The molecule has 0 heterocycles. The SMILES string of the molecule is Fc1ccccc1C1CC(NC2CC=CC2)C1. The van der Waals surface area contributed by atoms with Gasteiger partial charge in [0, 0.05) is 12.1 Å². The molecule has 0 bridgehead atoms. The van der Waals surface area contributed by atoms with Crippen LogP contribution >= 0.6 is 0 Å². The Labute approximate surface area is 102 Å². The first kappa shape index (κ1) is 11.0. The summed E-state index contributed by atoms with van der Waals surface area (Å²) >= 11 is 0. The van der Waals surface area contributed by atoms with Gasteiger partial charge < -0.3 is 5.32 Å². The summed E-state index contributed by atoms with van der Waals surface area (Å²) in [7, 11) is 0. The zero-order valence-corrected chi connectivity index (χ0v) is 9.90. The van der Waals surface area contributed by atoms with E-state index in [4.69, 9.17) is 0 Å². The van der Waals surface area contributed by atoms with E-state index in [1.807, 2.05) is 12.1 Å². The Hall–Kier alpha value is -1.15. The van der Waals surface area contributed by atoms with E-state index in [2.05, 4.69) is 17.5 Å². The van der Waals surface area contributed by atoms with Crippen LogP contribution in [0.5, 0.6) is 0 Å². The minimum Gasteiger partial charge on any atom is -0.311 e. The highest BCUT2D eigenvalue weighted by Gasteiger charge is 2.32. The van der Waals surface area contributed by atoms with Crippen LogP contribution in [0.25, 0.3) is 0 Å². The molecule has 2 aliphatic carbocycles. The maximum atomic E-state index is 13.6. The van der Waals surface area contributed by atoms with Crippen molar-refractivity contribution in [1.29, 1.82) is 0 Å². The molecule has 1 saturated carbocycles. The molecule has 0 aromatic heterocycles. The summed E-state index contributed by atoms with van der Waals surface area (Å²) in [6, 6.07) is 8.40. The molecule has 0 saturated heterocycles. The number of rotatable bonds is 3. The van der Waals surface area contributed by atoms with Gasteiger partial charge in [0.1, 0.15) is 5.82 Å². The van der Waals surface area contributed by atoms with Crippen molar-refractivity contribution in [3.05, 3.63) is 47.8 Å². The molecule has 1 N–H and O–H groups in total. The van der Waals surface area contributed by atoms with Crippen LogP contribution in [0.3, 0.4) is 0 Å².